The summed E-state index contributed by atoms with van der Waals surface area (Å²) in [6.45, 7) is 1.44. The number of fused-ring (bicyclic) bond motifs is 2. The van der Waals surface area contributed by atoms with Crippen LogP contribution in [0, 0.1) is 0 Å². The average Bonchev–Trinajstić information content (AvgIpc) is 2.77. The van der Waals surface area contributed by atoms with Crippen LogP contribution >= 0.6 is 0 Å². The molecule has 0 unspecified atom stereocenters. The van der Waals surface area contributed by atoms with Crippen LogP contribution in [0.1, 0.15) is 53.1 Å². The molecule has 0 fully saturated rings. The Hall–Kier alpha value is -3.41. The highest BCUT2D eigenvalue weighted by molar-refractivity contribution is 5.90. The molecule has 1 aliphatic carbocycles. The van der Waals surface area contributed by atoms with Crippen molar-refractivity contribution in [2.75, 3.05) is 6.61 Å². The monoisotopic (exact) mass is 405 g/mol. The van der Waals surface area contributed by atoms with Gasteiger partial charge < -0.3 is 14.5 Å². The third-order valence-electron chi connectivity index (χ3n) is 5.42. The van der Waals surface area contributed by atoms with Crippen LogP contribution in [-0.2, 0) is 22.4 Å². The molecule has 2 aromatic carbocycles. The fourth-order valence-corrected chi connectivity index (χ4v) is 3.80. The third-order valence-corrected chi connectivity index (χ3v) is 5.42. The molecule has 1 atom stereocenters. The van der Waals surface area contributed by atoms with Crippen molar-refractivity contribution >= 4 is 22.8 Å². The van der Waals surface area contributed by atoms with Crippen LogP contribution in [0.2, 0.25) is 0 Å². The number of benzene rings is 2. The molecule has 0 saturated heterocycles. The first kappa shape index (κ1) is 19.9. The smallest absolute Gasteiger partial charge is 0.374 e. The number of hydrogen-bond donors (Lipinski definition) is 1. The first-order valence-corrected chi connectivity index (χ1v) is 10.1. The molecular weight excluding hydrogens is 382 g/mol. The Labute approximate surface area is 173 Å². The fourth-order valence-electron chi connectivity index (χ4n) is 3.80. The van der Waals surface area contributed by atoms with Crippen LogP contribution < -0.4 is 10.7 Å². The molecule has 0 radical (unpaired) electrons. The van der Waals surface area contributed by atoms with E-state index in [-0.39, 0.29) is 17.2 Å². The highest BCUT2D eigenvalue weighted by Crippen LogP contribution is 2.24. The topological polar surface area (TPSA) is 85.6 Å². The number of para-hydroxylation sites is 1. The summed E-state index contributed by atoms with van der Waals surface area (Å²) in [6.07, 6.45) is 4.59. The molecule has 0 saturated carbocycles. The van der Waals surface area contributed by atoms with E-state index >= 15 is 0 Å². The van der Waals surface area contributed by atoms with Gasteiger partial charge in [-0.05, 0) is 61.4 Å². The minimum Gasteiger partial charge on any atom is -0.450 e. The molecule has 4 rings (SSSR count). The maximum atomic E-state index is 12.2. The van der Waals surface area contributed by atoms with Crippen molar-refractivity contribution in [2.45, 2.75) is 38.6 Å². The maximum absolute atomic E-state index is 12.2. The minimum absolute atomic E-state index is 0.206. The van der Waals surface area contributed by atoms with Crippen molar-refractivity contribution in [3.63, 3.8) is 0 Å². The summed E-state index contributed by atoms with van der Waals surface area (Å²) in [5, 5.41) is 3.22. The van der Waals surface area contributed by atoms with Gasteiger partial charge in [-0.15, -0.1) is 0 Å². The Kier molecular flexibility index (Phi) is 5.65. The van der Waals surface area contributed by atoms with Crippen molar-refractivity contribution in [3.05, 3.63) is 81.2 Å². The lowest BCUT2D eigenvalue weighted by Crippen LogP contribution is -2.31. The van der Waals surface area contributed by atoms with E-state index in [0.717, 1.165) is 24.5 Å². The lowest BCUT2D eigenvalue weighted by Gasteiger charge is -2.20. The standard InChI is InChI=1S/C24H23NO5/c1-15(17-11-10-16-6-2-3-7-18(16)12-17)25-23(27)14-29-24(28)22-13-20(26)19-8-4-5-9-21(19)30-22/h4-5,8-13,15H,2-3,6-7,14H2,1H3,(H,25,27)/t15-/m1/s1. The first-order chi connectivity index (χ1) is 14.5. The number of esters is 1. The maximum Gasteiger partial charge on any atom is 0.374 e. The lowest BCUT2D eigenvalue weighted by molar-refractivity contribution is -0.124. The average molecular weight is 405 g/mol. The van der Waals surface area contributed by atoms with Gasteiger partial charge in [-0.25, -0.2) is 4.79 Å². The van der Waals surface area contributed by atoms with Gasteiger partial charge in [0.15, 0.2) is 12.0 Å². The molecule has 3 aromatic rings. The van der Waals surface area contributed by atoms with E-state index in [1.54, 1.807) is 24.3 Å². The van der Waals surface area contributed by atoms with Gasteiger partial charge in [-0.1, -0.05) is 30.3 Å². The molecular formula is C24H23NO5. The van der Waals surface area contributed by atoms with Gasteiger partial charge in [0.2, 0.25) is 5.76 Å². The Morgan fingerprint density at radius 2 is 1.83 bits per heavy atom. The summed E-state index contributed by atoms with van der Waals surface area (Å²) >= 11 is 0. The van der Waals surface area contributed by atoms with Gasteiger partial charge >= 0.3 is 5.97 Å². The molecule has 30 heavy (non-hydrogen) atoms. The van der Waals surface area contributed by atoms with Gasteiger partial charge in [0, 0.05) is 6.07 Å². The largest absolute Gasteiger partial charge is 0.450 e. The lowest BCUT2D eigenvalue weighted by atomic mass is 9.89. The zero-order valence-electron chi connectivity index (χ0n) is 16.8. The van der Waals surface area contributed by atoms with E-state index in [1.807, 2.05) is 13.0 Å². The van der Waals surface area contributed by atoms with Crippen LogP contribution in [0.25, 0.3) is 11.0 Å². The van der Waals surface area contributed by atoms with Gasteiger partial charge in [-0.2, -0.15) is 0 Å². The quantitative estimate of drug-likeness (QED) is 0.654. The normalized spacial score (nSPS) is 14.0. The Morgan fingerprint density at radius 1 is 1.07 bits per heavy atom. The van der Waals surface area contributed by atoms with Gasteiger partial charge in [0.05, 0.1) is 11.4 Å². The van der Waals surface area contributed by atoms with E-state index in [9.17, 15) is 14.4 Å². The van der Waals surface area contributed by atoms with E-state index in [4.69, 9.17) is 9.15 Å². The number of nitrogens with one attached hydrogen (secondary N) is 1. The molecule has 6 nitrogen and oxygen atoms in total. The van der Waals surface area contributed by atoms with Crippen molar-refractivity contribution in [1.29, 1.82) is 0 Å². The molecule has 1 heterocycles. The Bertz CT molecular complexity index is 1160. The minimum atomic E-state index is -0.852. The summed E-state index contributed by atoms with van der Waals surface area (Å²) < 4.78 is 10.5. The second-order valence-corrected chi connectivity index (χ2v) is 7.57. The van der Waals surface area contributed by atoms with Crippen LogP contribution in [0.4, 0.5) is 0 Å². The van der Waals surface area contributed by atoms with Crippen LogP contribution in [-0.4, -0.2) is 18.5 Å². The second-order valence-electron chi connectivity index (χ2n) is 7.57. The number of carbonyl (C=O) groups excluding carboxylic acids is 2. The predicted octanol–water partition coefficient (Wildman–Crippen LogP) is 3.71. The number of carbonyl (C=O) groups is 2. The SMILES string of the molecule is C[C@@H](NC(=O)COC(=O)c1cc(=O)c2ccccc2o1)c1ccc2c(c1)CCCC2. The van der Waals surface area contributed by atoms with Crippen molar-refractivity contribution < 1.29 is 18.7 Å². The van der Waals surface area contributed by atoms with E-state index in [1.165, 1.54) is 24.0 Å². The molecule has 0 spiro atoms. The summed E-state index contributed by atoms with van der Waals surface area (Å²) in [5.41, 5.74) is 3.71. The second kappa shape index (κ2) is 8.53. The third kappa shape index (κ3) is 4.27. The zero-order chi connectivity index (χ0) is 21.1. The number of rotatable bonds is 5. The van der Waals surface area contributed by atoms with Crippen molar-refractivity contribution in [2.24, 2.45) is 0 Å². The number of aryl methyl sites for hydroxylation is 2. The molecule has 1 amide bonds. The Morgan fingerprint density at radius 3 is 2.67 bits per heavy atom. The molecule has 1 N–H and O–H groups in total. The molecule has 1 aliphatic rings. The highest BCUT2D eigenvalue weighted by atomic mass is 16.5. The fraction of sp³-hybridized carbons (Fsp3) is 0.292. The van der Waals surface area contributed by atoms with Crippen LogP contribution in [0.5, 0.6) is 0 Å². The Balaban J connectivity index is 1.36. The van der Waals surface area contributed by atoms with E-state index in [2.05, 4.69) is 17.4 Å². The zero-order valence-corrected chi connectivity index (χ0v) is 16.8. The van der Waals surface area contributed by atoms with Crippen LogP contribution in [0.3, 0.4) is 0 Å². The molecule has 0 bridgehead atoms. The van der Waals surface area contributed by atoms with Gasteiger partial charge in [0.1, 0.15) is 5.58 Å². The first-order valence-electron chi connectivity index (χ1n) is 10.1. The summed E-state index contributed by atoms with van der Waals surface area (Å²) in [6, 6.07) is 13.8. The van der Waals surface area contributed by atoms with Crippen LogP contribution in [0.15, 0.2) is 57.7 Å². The highest BCUT2D eigenvalue weighted by Gasteiger charge is 2.17. The molecule has 0 aliphatic heterocycles. The number of ether oxygens (including phenoxy) is 1. The van der Waals surface area contributed by atoms with Gasteiger partial charge in [-0.3, -0.25) is 9.59 Å². The summed E-state index contributed by atoms with van der Waals surface area (Å²) in [4.78, 5) is 36.6. The van der Waals surface area contributed by atoms with Crippen molar-refractivity contribution in [1.82, 2.24) is 5.32 Å². The molecule has 6 heteroatoms. The van der Waals surface area contributed by atoms with E-state index in [0.29, 0.717) is 11.0 Å². The summed E-state index contributed by atoms with van der Waals surface area (Å²) in [7, 11) is 0. The van der Waals surface area contributed by atoms with Crippen molar-refractivity contribution in [3.8, 4) is 0 Å². The number of amides is 1. The molecule has 1 aromatic heterocycles. The van der Waals surface area contributed by atoms with Gasteiger partial charge in [0.25, 0.3) is 5.91 Å². The predicted molar refractivity (Wildman–Crippen MR) is 112 cm³/mol. The number of hydrogen-bond acceptors (Lipinski definition) is 5. The van der Waals surface area contributed by atoms with E-state index < -0.39 is 18.5 Å². The molecule has 154 valence electrons. The summed E-state index contributed by atoms with van der Waals surface area (Å²) in [5.74, 6) is -1.50.